The third-order valence-corrected chi connectivity index (χ3v) is 5.77. The Hall–Kier alpha value is -0.980. The van der Waals surface area contributed by atoms with Crippen molar-refractivity contribution in [1.29, 1.82) is 0 Å². The second kappa shape index (κ2) is 6.85. The van der Waals surface area contributed by atoms with Crippen LogP contribution in [-0.4, -0.2) is 38.4 Å². The molecule has 1 heterocycles. The molecule has 1 fully saturated rings. The van der Waals surface area contributed by atoms with Gasteiger partial charge in [0.1, 0.15) is 10.7 Å². The predicted molar refractivity (Wildman–Crippen MR) is 81.0 cm³/mol. The van der Waals surface area contributed by atoms with E-state index in [9.17, 15) is 12.8 Å². The fourth-order valence-corrected chi connectivity index (χ4v) is 4.08. The molecule has 0 amide bonds. The summed E-state index contributed by atoms with van der Waals surface area (Å²) in [6, 6.07) is 6.00. The zero-order valence-corrected chi connectivity index (χ0v) is 13.4. The van der Waals surface area contributed by atoms with Gasteiger partial charge >= 0.3 is 0 Å². The zero-order valence-electron chi connectivity index (χ0n) is 12.5. The van der Waals surface area contributed by atoms with Gasteiger partial charge in [-0.2, -0.15) is 4.31 Å². The lowest BCUT2D eigenvalue weighted by molar-refractivity contribution is 0.263. The first-order valence-electron chi connectivity index (χ1n) is 7.39. The summed E-state index contributed by atoms with van der Waals surface area (Å²) in [5.41, 5.74) is 0. The van der Waals surface area contributed by atoms with Gasteiger partial charge in [-0.3, -0.25) is 0 Å². The molecule has 0 radical (unpaired) electrons. The Balaban J connectivity index is 2.00. The molecule has 0 unspecified atom stereocenters. The third-order valence-electron chi connectivity index (χ3n) is 3.84. The van der Waals surface area contributed by atoms with Crippen molar-refractivity contribution in [3.63, 3.8) is 0 Å². The van der Waals surface area contributed by atoms with Gasteiger partial charge in [-0.15, -0.1) is 0 Å². The maximum absolute atomic E-state index is 13.7. The smallest absolute Gasteiger partial charge is 0.245 e. The largest absolute Gasteiger partial charge is 0.314 e. The number of rotatable bonds is 5. The molecule has 118 valence electrons. The van der Waals surface area contributed by atoms with Crippen molar-refractivity contribution < 1.29 is 12.8 Å². The molecule has 0 spiro atoms. The van der Waals surface area contributed by atoms with Gasteiger partial charge in [0.05, 0.1) is 0 Å². The summed E-state index contributed by atoms with van der Waals surface area (Å²) in [6.07, 6.45) is 1.63. The zero-order chi connectivity index (χ0) is 15.5. The molecule has 0 bridgehead atoms. The highest BCUT2D eigenvalue weighted by molar-refractivity contribution is 7.89. The Morgan fingerprint density at radius 2 is 1.90 bits per heavy atom. The summed E-state index contributed by atoms with van der Waals surface area (Å²) < 4.78 is 40.0. The predicted octanol–water partition coefficient (Wildman–Crippen LogP) is 2.22. The van der Waals surface area contributed by atoms with Gasteiger partial charge in [0.15, 0.2) is 0 Å². The summed E-state index contributed by atoms with van der Waals surface area (Å²) >= 11 is 0. The molecule has 6 heteroatoms. The number of sulfonamides is 1. The lowest BCUT2D eigenvalue weighted by Gasteiger charge is -2.31. The normalized spacial score (nSPS) is 18.3. The summed E-state index contributed by atoms with van der Waals surface area (Å²) in [4.78, 5) is -0.219. The molecule has 0 saturated carbocycles. The van der Waals surface area contributed by atoms with Gasteiger partial charge in [-0.05, 0) is 37.4 Å². The highest BCUT2D eigenvalue weighted by Gasteiger charge is 2.30. The van der Waals surface area contributed by atoms with Crippen LogP contribution in [0.15, 0.2) is 29.2 Å². The Kier molecular flexibility index (Phi) is 5.35. The third kappa shape index (κ3) is 4.02. The SMILES string of the molecule is CC(C)NCC1CCN(S(=O)(=O)c2ccccc2F)CC1. The van der Waals surface area contributed by atoms with Crippen LogP contribution in [0.4, 0.5) is 4.39 Å². The molecular formula is C15H23FN2O2S. The van der Waals surface area contributed by atoms with E-state index in [0.29, 0.717) is 25.0 Å². The molecule has 1 saturated heterocycles. The Morgan fingerprint density at radius 1 is 1.29 bits per heavy atom. The molecule has 21 heavy (non-hydrogen) atoms. The van der Waals surface area contributed by atoms with Gasteiger partial charge in [0.25, 0.3) is 0 Å². The fraction of sp³-hybridized carbons (Fsp3) is 0.600. The van der Waals surface area contributed by atoms with E-state index in [0.717, 1.165) is 19.4 Å². The maximum atomic E-state index is 13.7. The first-order valence-corrected chi connectivity index (χ1v) is 8.83. The molecule has 1 N–H and O–H groups in total. The minimum absolute atomic E-state index is 0.219. The number of nitrogens with one attached hydrogen (secondary N) is 1. The van der Waals surface area contributed by atoms with Crippen molar-refractivity contribution in [2.75, 3.05) is 19.6 Å². The van der Waals surface area contributed by atoms with E-state index < -0.39 is 15.8 Å². The first kappa shape index (κ1) is 16.4. The molecule has 1 aliphatic rings. The van der Waals surface area contributed by atoms with Gasteiger partial charge < -0.3 is 5.32 Å². The minimum atomic E-state index is -3.71. The second-order valence-electron chi connectivity index (χ2n) is 5.84. The number of piperidine rings is 1. The van der Waals surface area contributed by atoms with E-state index in [1.807, 2.05) is 0 Å². The quantitative estimate of drug-likeness (QED) is 0.906. The molecule has 1 aromatic rings. The van der Waals surface area contributed by atoms with E-state index in [-0.39, 0.29) is 4.90 Å². The van der Waals surface area contributed by atoms with Crippen LogP contribution in [0, 0.1) is 11.7 Å². The molecular weight excluding hydrogens is 291 g/mol. The number of benzene rings is 1. The lowest BCUT2D eigenvalue weighted by Crippen LogP contribution is -2.41. The van der Waals surface area contributed by atoms with E-state index in [1.165, 1.54) is 22.5 Å². The van der Waals surface area contributed by atoms with Crippen molar-refractivity contribution in [2.45, 2.75) is 37.6 Å². The Morgan fingerprint density at radius 3 is 2.48 bits per heavy atom. The average Bonchev–Trinajstić information content (AvgIpc) is 2.46. The Labute approximate surface area is 126 Å². The number of hydrogen-bond donors (Lipinski definition) is 1. The number of nitrogens with zero attached hydrogens (tertiary/aromatic N) is 1. The van der Waals surface area contributed by atoms with Gasteiger partial charge in [0.2, 0.25) is 10.0 Å². The van der Waals surface area contributed by atoms with Crippen LogP contribution in [0.3, 0.4) is 0 Å². The van der Waals surface area contributed by atoms with Crippen LogP contribution >= 0.6 is 0 Å². The molecule has 1 aromatic carbocycles. The van der Waals surface area contributed by atoms with Crippen LogP contribution in [0.25, 0.3) is 0 Å². The highest BCUT2D eigenvalue weighted by Crippen LogP contribution is 2.24. The average molecular weight is 314 g/mol. The summed E-state index contributed by atoms with van der Waals surface area (Å²) in [7, 11) is -3.71. The van der Waals surface area contributed by atoms with Crippen molar-refractivity contribution in [2.24, 2.45) is 5.92 Å². The second-order valence-corrected chi connectivity index (χ2v) is 7.75. The van der Waals surface area contributed by atoms with Crippen molar-refractivity contribution in [3.05, 3.63) is 30.1 Å². The highest BCUT2D eigenvalue weighted by atomic mass is 32.2. The fourth-order valence-electron chi connectivity index (χ4n) is 2.55. The lowest BCUT2D eigenvalue weighted by atomic mass is 9.98. The van der Waals surface area contributed by atoms with Crippen molar-refractivity contribution >= 4 is 10.0 Å². The van der Waals surface area contributed by atoms with E-state index in [2.05, 4.69) is 19.2 Å². The van der Waals surface area contributed by atoms with Crippen LogP contribution < -0.4 is 5.32 Å². The topological polar surface area (TPSA) is 49.4 Å². The molecule has 1 aliphatic heterocycles. The summed E-state index contributed by atoms with van der Waals surface area (Å²) in [5, 5.41) is 3.38. The van der Waals surface area contributed by atoms with Crippen LogP contribution in [0.2, 0.25) is 0 Å². The first-order chi connectivity index (χ1) is 9.91. The minimum Gasteiger partial charge on any atom is -0.314 e. The van der Waals surface area contributed by atoms with E-state index in [1.54, 1.807) is 6.07 Å². The van der Waals surface area contributed by atoms with Gasteiger partial charge in [-0.1, -0.05) is 26.0 Å². The molecule has 0 aliphatic carbocycles. The monoisotopic (exact) mass is 314 g/mol. The maximum Gasteiger partial charge on any atom is 0.245 e. The van der Waals surface area contributed by atoms with Crippen molar-refractivity contribution in [1.82, 2.24) is 9.62 Å². The van der Waals surface area contributed by atoms with E-state index in [4.69, 9.17) is 0 Å². The van der Waals surface area contributed by atoms with E-state index >= 15 is 0 Å². The number of halogens is 1. The van der Waals surface area contributed by atoms with Crippen LogP contribution in [0.1, 0.15) is 26.7 Å². The molecule has 0 aromatic heterocycles. The van der Waals surface area contributed by atoms with Gasteiger partial charge in [0, 0.05) is 19.1 Å². The van der Waals surface area contributed by atoms with Gasteiger partial charge in [-0.25, -0.2) is 12.8 Å². The molecule has 2 rings (SSSR count). The summed E-state index contributed by atoms with van der Waals surface area (Å²) in [6.45, 7) is 6.02. The number of hydrogen-bond acceptors (Lipinski definition) is 3. The Bertz CT molecular complexity index is 567. The van der Waals surface area contributed by atoms with Crippen LogP contribution in [0.5, 0.6) is 0 Å². The molecule has 4 nitrogen and oxygen atoms in total. The molecule has 0 atom stereocenters. The standard InChI is InChI=1S/C15H23FN2O2S/c1-12(2)17-11-13-7-9-18(10-8-13)21(19,20)15-6-4-3-5-14(15)16/h3-6,12-13,17H,7-11H2,1-2H3. The summed E-state index contributed by atoms with van der Waals surface area (Å²) in [5.74, 6) is -0.194. The van der Waals surface area contributed by atoms with Crippen molar-refractivity contribution in [3.8, 4) is 0 Å². The van der Waals surface area contributed by atoms with Crippen LogP contribution in [-0.2, 0) is 10.0 Å².